The number of carboxylic acids is 1. The molecule has 8 heteroatoms. The molecule has 0 radical (unpaired) electrons. The van der Waals surface area contributed by atoms with E-state index in [-0.39, 0.29) is 17.5 Å². The third kappa shape index (κ3) is 6.87. The highest BCUT2D eigenvalue weighted by Crippen LogP contribution is 2.37. The second kappa shape index (κ2) is 10.8. The fourth-order valence-corrected chi connectivity index (χ4v) is 3.61. The monoisotopic (exact) mass is 487 g/mol. The Morgan fingerprint density at radius 2 is 2.03 bits per heavy atom. The number of halogens is 3. The number of hydrogen-bond donors (Lipinski definition) is 2. The summed E-state index contributed by atoms with van der Waals surface area (Å²) in [6.07, 6.45) is 0.535. The van der Waals surface area contributed by atoms with Crippen LogP contribution in [-0.2, 0) is 17.9 Å². The lowest BCUT2D eigenvalue weighted by Crippen LogP contribution is -2.37. The van der Waals surface area contributed by atoms with Crippen LogP contribution < -0.4 is 14.8 Å². The number of carbonyl (C=O) groups is 1. The topological polar surface area (TPSA) is 67.8 Å². The number of hydrogen-bond acceptors (Lipinski definition) is 4. The van der Waals surface area contributed by atoms with E-state index >= 15 is 0 Å². The van der Waals surface area contributed by atoms with Crippen molar-refractivity contribution in [2.24, 2.45) is 5.92 Å². The molecule has 0 saturated heterocycles. The van der Waals surface area contributed by atoms with Crippen LogP contribution in [0.1, 0.15) is 31.4 Å². The molecule has 0 saturated carbocycles. The molecule has 0 spiro atoms. The smallest absolute Gasteiger partial charge is 0.320 e. The molecule has 0 fully saturated rings. The van der Waals surface area contributed by atoms with Gasteiger partial charge in [0, 0.05) is 12.1 Å². The molecule has 2 aromatic carbocycles. The third-order valence-corrected chi connectivity index (χ3v) is 5.18. The van der Waals surface area contributed by atoms with Crippen molar-refractivity contribution < 1.29 is 23.8 Å². The number of benzene rings is 2. The van der Waals surface area contributed by atoms with Gasteiger partial charge < -0.3 is 19.9 Å². The van der Waals surface area contributed by atoms with Gasteiger partial charge in [-0.3, -0.25) is 4.79 Å². The Bertz CT molecular complexity index is 863. The van der Waals surface area contributed by atoms with Crippen LogP contribution >= 0.6 is 27.5 Å². The number of aliphatic carboxylic acids is 1. The summed E-state index contributed by atoms with van der Waals surface area (Å²) in [7, 11) is 1.52. The van der Waals surface area contributed by atoms with Gasteiger partial charge in [-0.25, -0.2) is 4.39 Å². The maximum Gasteiger partial charge on any atom is 0.320 e. The van der Waals surface area contributed by atoms with Crippen molar-refractivity contribution in [3.05, 3.63) is 56.8 Å². The van der Waals surface area contributed by atoms with Crippen molar-refractivity contribution in [3.8, 4) is 11.5 Å². The highest BCUT2D eigenvalue weighted by Gasteiger charge is 2.19. The first-order valence-electron chi connectivity index (χ1n) is 9.10. The molecule has 2 N–H and O–H groups in total. The molecule has 0 aliphatic rings. The number of methoxy groups -OCH3 is 1. The molecular formula is C21H24BrClFNO4. The van der Waals surface area contributed by atoms with E-state index in [9.17, 15) is 14.3 Å². The zero-order valence-corrected chi connectivity index (χ0v) is 18.8. The minimum atomic E-state index is -0.874. The van der Waals surface area contributed by atoms with Gasteiger partial charge in [-0.2, -0.15) is 0 Å². The minimum Gasteiger partial charge on any atom is -0.493 e. The number of ether oxygens (including phenoxy) is 2. The summed E-state index contributed by atoms with van der Waals surface area (Å²) in [5.74, 6) is -0.0509. The Balaban J connectivity index is 2.12. The van der Waals surface area contributed by atoms with Crippen molar-refractivity contribution in [2.45, 2.75) is 39.5 Å². The summed E-state index contributed by atoms with van der Waals surface area (Å²) >= 11 is 9.52. The van der Waals surface area contributed by atoms with Crippen LogP contribution in [0.5, 0.6) is 11.5 Å². The SMILES string of the molecule is COc1cc(CNC(CC(C)C)C(=O)O)cc(Br)c1OCc1ccc(F)cc1Cl. The molecule has 0 heterocycles. The first-order valence-corrected chi connectivity index (χ1v) is 10.3. The summed E-state index contributed by atoms with van der Waals surface area (Å²) in [4.78, 5) is 11.4. The van der Waals surface area contributed by atoms with Crippen LogP contribution in [0.4, 0.5) is 4.39 Å². The fourth-order valence-electron chi connectivity index (χ4n) is 2.79. The van der Waals surface area contributed by atoms with E-state index in [1.54, 1.807) is 12.1 Å². The van der Waals surface area contributed by atoms with E-state index in [2.05, 4.69) is 21.2 Å². The first-order chi connectivity index (χ1) is 13.7. The van der Waals surface area contributed by atoms with Gasteiger partial charge in [0.1, 0.15) is 18.5 Å². The van der Waals surface area contributed by atoms with Gasteiger partial charge in [0.25, 0.3) is 0 Å². The van der Waals surface area contributed by atoms with E-state index in [1.165, 1.54) is 19.2 Å². The van der Waals surface area contributed by atoms with Crippen molar-refractivity contribution in [3.63, 3.8) is 0 Å². The second-order valence-electron chi connectivity index (χ2n) is 7.03. The molecule has 2 rings (SSSR count). The molecule has 1 atom stereocenters. The predicted molar refractivity (Wildman–Crippen MR) is 114 cm³/mol. The second-order valence-corrected chi connectivity index (χ2v) is 8.30. The van der Waals surface area contributed by atoms with Crippen LogP contribution in [0, 0.1) is 11.7 Å². The van der Waals surface area contributed by atoms with Crippen molar-refractivity contribution in [2.75, 3.05) is 7.11 Å². The molecule has 29 heavy (non-hydrogen) atoms. The quantitative estimate of drug-likeness (QED) is 0.467. The summed E-state index contributed by atoms with van der Waals surface area (Å²) in [5.41, 5.74) is 1.49. The average molecular weight is 489 g/mol. The maximum absolute atomic E-state index is 13.2. The summed E-state index contributed by atoms with van der Waals surface area (Å²) in [6.45, 7) is 4.47. The molecular weight excluding hydrogens is 465 g/mol. The Kier molecular flexibility index (Phi) is 8.74. The predicted octanol–water partition coefficient (Wildman–Crippen LogP) is 5.42. The zero-order valence-electron chi connectivity index (χ0n) is 16.5. The van der Waals surface area contributed by atoms with E-state index < -0.39 is 17.8 Å². The molecule has 0 aromatic heterocycles. The van der Waals surface area contributed by atoms with E-state index in [1.807, 2.05) is 19.9 Å². The Morgan fingerprint density at radius 3 is 2.62 bits per heavy atom. The summed E-state index contributed by atoms with van der Waals surface area (Å²) in [6, 6.07) is 7.12. The molecule has 0 bridgehead atoms. The lowest BCUT2D eigenvalue weighted by Gasteiger charge is -2.18. The standard InChI is InChI=1S/C21H24BrClFNO4/c1-12(2)6-18(21(26)27)25-10-13-7-16(22)20(19(8-13)28-3)29-11-14-4-5-15(24)9-17(14)23/h4-5,7-9,12,18,25H,6,10-11H2,1-3H3,(H,26,27). The zero-order chi connectivity index (χ0) is 21.6. The number of carboxylic acid groups (broad SMARTS) is 1. The average Bonchev–Trinajstić information content (AvgIpc) is 2.64. The van der Waals surface area contributed by atoms with Crippen LogP contribution in [0.25, 0.3) is 0 Å². The van der Waals surface area contributed by atoms with Gasteiger partial charge in [0.2, 0.25) is 0 Å². The molecule has 1 unspecified atom stereocenters. The molecule has 5 nitrogen and oxygen atoms in total. The molecule has 0 aliphatic carbocycles. The normalized spacial score (nSPS) is 12.1. The minimum absolute atomic E-state index is 0.140. The van der Waals surface area contributed by atoms with Gasteiger partial charge in [0.15, 0.2) is 11.5 Å². The van der Waals surface area contributed by atoms with E-state index in [0.29, 0.717) is 34.5 Å². The lowest BCUT2D eigenvalue weighted by atomic mass is 10.0. The molecule has 0 amide bonds. The van der Waals surface area contributed by atoms with Gasteiger partial charge in [-0.15, -0.1) is 0 Å². The highest BCUT2D eigenvalue weighted by atomic mass is 79.9. The van der Waals surface area contributed by atoms with Gasteiger partial charge >= 0.3 is 5.97 Å². The van der Waals surface area contributed by atoms with Crippen LogP contribution in [0.3, 0.4) is 0 Å². The van der Waals surface area contributed by atoms with E-state index in [0.717, 1.165) is 5.56 Å². The molecule has 158 valence electrons. The Labute approximate surface area is 183 Å². The lowest BCUT2D eigenvalue weighted by molar-refractivity contribution is -0.140. The van der Waals surface area contributed by atoms with Crippen molar-refractivity contribution >= 4 is 33.5 Å². The number of nitrogens with one attached hydrogen (secondary N) is 1. The fraction of sp³-hybridized carbons (Fsp3) is 0.381. The van der Waals surface area contributed by atoms with Gasteiger partial charge in [-0.05, 0) is 58.1 Å². The maximum atomic E-state index is 13.2. The Hall–Kier alpha value is -1.83. The van der Waals surface area contributed by atoms with Crippen molar-refractivity contribution in [1.82, 2.24) is 5.32 Å². The van der Waals surface area contributed by atoms with Crippen LogP contribution in [0.15, 0.2) is 34.8 Å². The molecule has 2 aromatic rings. The molecule has 0 aliphatic heterocycles. The third-order valence-electron chi connectivity index (χ3n) is 4.23. The summed E-state index contributed by atoms with van der Waals surface area (Å²) in [5, 5.41) is 12.7. The highest BCUT2D eigenvalue weighted by molar-refractivity contribution is 9.10. The van der Waals surface area contributed by atoms with Crippen LogP contribution in [-0.4, -0.2) is 24.2 Å². The largest absolute Gasteiger partial charge is 0.493 e. The van der Waals surface area contributed by atoms with Gasteiger partial charge in [-0.1, -0.05) is 31.5 Å². The Morgan fingerprint density at radius 1 is 1.31 bits per heavy atom. The van der Waals surface area contributed by atoms with Crippen LogP contribution in [0.2, 0.25) is 5.02 Å². The van der Waals surface area contributed by atoms with Crippen molar-refractivity contribution in [1.29, 1.82) is 0 Å². The first kappa shape index (κ1) is 23.4. The van der Waals surface area contributed by atoms with Gasteiger partial charge in [0.05, 0.1) is 16.6 Å². The summed E-state index contributed by atoms with van der Waals surface area (Å²) < 4.78 is 25.1. The van der Waals surface area contributed by atoms with E-state index in [4.69, 9.17) is 21.1 Å². The number of rotatable bonds is 10.